The largest absolute Gasteiger partial charge is 0.367 e. The van der Waals surface area contributed by atoms with Crippen LogP contribution in [-0.2, 0) is 13.0 Å². The summed E-state index contributed by atoms with van der Waals surface area (Å²) in [6.07, 6.45) is 9.20. The Morgan fingerprint density at radius 3 is 2.49 bits per heavy atom. The maximum absolute atomic E-state index is 10.9. The Morgan fingerprint density at radius 2 is 1.83 bits per heavy atom. The number of rotatable bonds is 7. The van der Waals surface area contributed by atoms with E-state index in [9.17, 15) is 4.79 Å². The number of benzene rings is 1. The second-order valence-corrected chi connectivity index (χ2v) is 9.48. The molecule has 8 nitrogen and oxygen atoms in total. The van der Waals surface area contributed by atoms with Gasteiger partial charge in [-0.3, -0.25) is 9.69 Å². The lowest BCUT2D eigenvalue weighted by Crippen LogP contribution is -2.44. The summed E-state index contributed by atoms with van der Waals surface area (Å²) >= 11 is 0. The molecular weight excluding hydrogens is 437 g/mol. The molecule has 1 amide bonds. The number of aryl methyl sites for hydroxylation is 1. The van der Waals surface area contributed by atoms with E-state index < -0.39 is 0 Å². The van der Waals surface area contributed by atoms with E-state index in [1.807, 2.05) is 33.7 Å². The Morgan fingerprint density at radius 1 is 1.11 bits per heavy atom. The number of carbonyl (C=O) groups is 1. The van der Waals surface area contributed by atoms with Crippen LogP contribution >= 0.6 is 0 Å². The molecule has 3 N–H and O–H groups in total. The molecule has 5 rings (SSSR count). The summed E-state index contributed by atoms with van der Waals surface area (Å²) in [6.45, 7) is 6.85. The SMILES string of the molecule is CCCc1cc(NC2CCCC2)n2nccc2n1.[B]N1CCN(Cc2ccc(C(N)=O)cc2)CC1. The first-order valence-electron chi connectivity index (χ1n) is 12.7. The molecule has 1 aromatic carbocycles. The number of hydrogen-bond acceptors (Lipinski definition) is 6. The van der Waals surface area contributed by atoms with Crippen molar-refractivity contribution in [2.45, 2.75) is 58.0 Å². The summed E-state index contributed by atoms with van der Waals surface area (Å²) < 4.78 is 1.91. The molecule has 1 saturated carbocycles. The maximum atomic E-state index is 10.9. The van der Waals surface area contributed by atoms with Crippen LogP contribution in [0.3, 0.4) is 0 Å². The molecule has 2 fully saturated rings. The van der Waals surface area contributed by atoms with E-state index in [0.29, 0.717) is 11.6 Å². The lowest BCUT2D eigenvalue weighted by molar-refractivity contribution is 0.1000. The second kappa shape index (κ2) is 12.2. The first-order chi connectivity index (χ1) is 17.0. The van der Waals surface area contributed by atoms with Crippen molar-refractivity contribution in [2.75, 3.05) is 31.5 Å². The summed E-state index contributed by atoms with van der Waals surface area (Å²) in [6, 6.07) is 12.2. The first-order valence-corrected chi connectivity index (χ1v) is 12.7. The van der Waals surface area contributed by atoms with Crippen molar-refractivity contribution in [1.29, 1.82) is 0 Å². The molecule has 3 aromatic rings. The Labute approximate surface area is 209 Å². The number of primary amides is 1. The predicted octanol–water partition coefficient (Wildman–Crippen LogP) is 3.02. The lowest BCUT2D eigenvalue weighted by Gasteiger charge is -2.32. The average molecular weight is 473 g/mol. The van der Waals surface area contributed by atoms with Crippen molar-refractivity contribution in [2.24, 2.45) is 5.73 Å². The van der Waals surface area contributed by atoms with Gasteiger partial charge >= 0.3 is 0 Å². The van der Waals surface area contributed by atoms with Gasteiger partial charge in [0.05, 0.1) is 6.20 Å². The smallest absolute Gasteiger partial charge is 0.248 e. The van der Waals surface area contributed by atoms with E-state index in [2.05, 4.69) is 33.3 Å². The van der Waals surface area contributed by atoms with Crippen LogP contribution in [0, 0.1) is 0 Å². The Bertz CT molecular complexity index is 1090. The third-order valence-corrected chi connectivity index (χ3v) is 6.68. The number of anilines is 1. The fourth-order valence-electron chi connectivity index (χ4n) is 4.69. The highest BCUT2D eigenvalue weighted by Gasteiger charge is 2.17. The van der Waals surface area contributed by atoms with Gasteiger partial charge in [-0.2, -0.15) is 9.61 Å². The zero-order chi connectivity index (χ0) is 24.6. The van der Waals surface area contributed by atoms with Crippen LogP contribution in [0.15, 0.2) is 42.6 Å². The summed E-state index contributed by atoms with van der Waals surface area (Å²) in [5, 5.41) is 7.98. The number of fused-ring (bicyclic) bond motifs is 1. The highest BCUT2D eigenvalue weighted by Crippen LogP contribution is 2.23. The molecule has 3 heterocycles. The topological polar surface area (TPSA) is 91.8 Å². The summed E-state index contributed by atoms with van der Waals surface area (Å²) in [4.78, 5) is 19.7. The Kier molecular flexibility index (Phi) is 8.76. The van der Waals surface area contributed by atoms with Crippen LogP contribution in [-0.4, -0.2) is 70.4 Å². The van der Waals surface area contributed by atoms with E-state index in [-0.39, 0.29) is 5.91 Å². The highest BCUT2D eigenvalue weighted by atomic mass is 16.1. The maximum Gasteiger partial charge on any atom is 0.248 e. The zero-order valence-electron chi connectivity index (χ0n) is 20.7. The van der Waals surface area contributed by atoms with Crippen molar-refractivity contribution in [3.8, 4) is 0 Å². The number of nitrogens with two attached hydrogens (primary N) is 1. The number of nitrogens with one attached hydrogen (secondary N) is 1. The van der Waals surface area contributed by atoms with Gasteiger partial charge in [0.1, 0.15) is 5.82 Å². The molecule has 35 heavy (non-hydrogen) atoms. The zero-order valence-corrected chi connectivity index (χ0v) is 20.7. The van der Waals surface area contributed by atoms with Crippen LogP contribution in [0.1, 0.15) is 60.6 Å². The number of nitrogens with zero attached hydrogens (tertiary/aromatic N) is 5. The summed E-state index contributed by atoms with van der Waals surface area (Å²) in [5.41, 5.74) is 9.05. The number of amides is 1. The molecule has 0 atom stereocenters. The minimum Gasteiger partial charge on any atom is -0.367 e. The van der Waals surface area contributed by atoms with Crippen LogP contribution in [0.5, 0.6) is 0 Å². The first kappa shape index (κ1) is 25.2. The van der Waals surface area contributed by atoms with E-state index in [1.165, 1.54) is 31.2 Å². The fourth-order valence-corrected chi connectivity index (χ4v) is 4.69. The van der Waals surface area contributed by atoms with Gasteiger partial charge in [-0.1, -0.05) is 38.3 Å². The molecule has 1 aliphatic heterocycles. The monoisotopic (exact) mass is 473 g/mol. The minimum atomic E-state index is -0.381. The summed E-state index contributed by atoms with van der Waals surface area (Å²) in [7, 11) is 5.70. The Balaban J connectivity index is 0.000000165. The van der Waals surface area contributed by atoms with Crippen molar-refractivity contribution in [3.63, 3.8) is 0 Å². The molecule has 2 radical (unpaired) electrons. The van der Waals surface area contributed by atoms with Gasteiger partial charge in [-0.25, -0.2) is 4.98 Å². The number of carbonyl (C=O) groups excluding carboxylic acids is 1. The molecule has 9 heteroatoms. The third-order valence-electron chi connectivity index (χ3n) is 6.68. The fraction of sp³-hybridized carbons (Fsp3) is 0.500. The van der Waals surface area contributed by atoms with Crippen LogP contribution in [0.4, 0.5) is 5.82 Å². The molecule has 184 valence electrons. The Hall–Kier alpha value is -2.91. The normalized spacial score (nSPS) is 17.3. The molecule has 0 spiro atoms. The van der Waals surface area contributed by atoms with E-state index >= 15 is 0 Å². The third kappa shape index (κ3) is 7.05. The summed E-state index contributed by atoms with van der Waals surface area (Å²) in [5.74, 6) is 0.716. The van der Waals surface area contributed by atoms with E-state index in [1.54, 1.807) is 12.1 Å². The molecule has 1 aliphatic carbocycles. The van der Waals surface area contributed by atoms with Gasteiger partial charge in [0.15, 0.2) is 13.6 Å². The van der Waals surface area contributed by atoms with Crippen LogP contribution < -0.4 is 11.1 Å². The van der Waals surface area contributed by atoms with Gasteiger partial charge in [-0.15, -0.1) is 0 Å². The number of aromatic nitrogens is 3. The molecule has 2 aromatic heterocycles. The highest BCUT2D eigenvalue weighted by molar-refractivity contribution is 6.04. The van der Waals surface area contributed by atoms with Gasteiger partial charge in [0.2, 0.25) is 5.91 Å². The standard InChI is InChI=1S/C14H20N4.C12H16BN3O/c1-2-5-12-10-14(16-11-6-3-4-7-11)18-13(17-12)8-9-15-18;13-16-7-5-15(6-8-16)9-10-1-3-11(4-2-10)12(14)17/h8-11,16H,2-7H2,1H3;1-4H,5-9H2,(H2,14,17). The quantitative estimate of drug-likeness (QED) is 0.513. The van der Waals surface area contributed by atoms with Crippen LogP contribution in [0.2, 0.25) is 0 Å². The molecule has 2 aliphatic rings. The van der Waals surface area contributed by atoms with E-state index in [4.69, 9.17) is 13.7 Å². The van der Waals surface area contributed by atoms with Gasteiger partial charge in [0.25, 0.3) is 0 Å². The average Bonchev–Trinajstić information content (AvgIpc) is 3.54. The molecule has 1 saturated heterocycles. The molecule has 0 bridgehead atoms. The lowest BCUT2D eigenvalue weighted by atomic mass is 10.1. The minimum absolute atomic E-state index is 0.381. The van der Waals surface area contributed by atoms with E-state index in [0.717, 1.165) is 62.7 Å². The number of piperazine rings is 1. The van der Waals surface area contributed by atoms with Gasteiger partial charge in [-0.05, 0) is 50.0 Å². The van der Waals surface area contributed by atoms with Crippen LogP contribution in [0.25, 0.3) is 5.65 Å². The molecule has 0 unspecified atom stereocenters. The van der Waals surface area contributed by atoms with Crippen molar-refractivity contribution in [1.82, 2.24) is 24.3 Å². The predicted molar refractivity (Wildman–Crippen MR) is 140 cm³/mol. The van der Waals surface area contributed by atoms with Gasteiger partial charge < -0.3 is 15.9 Å². The van der Waals surface area contributed by atoms with Gasteiger partial charge in [0, 0.05) is 49.1 Å². The molecular formula is C26H36BN7O. The second-order valence-electron chi connectivity index (χ2n) is 9.48. The van der Waals surface area contributed by atoms with Crippen molar-refractivity contribution in [3.05, 3.63) is 59.4 Å². The number of hydrogen-bond donors (Lipinski definition) is 2. The van der Waals surface area contributed by atoms with Crippen molar-refractivity contribution >= 4 is 25.4 Å². The van der Waals surface area contributed by atoms with Crippen molar-refractivity contribution < 1.29 is 4.79 Å².